The summed E-state index contributed by atoms with van der Waals surface area (Å²) in [5.41, 5.74) is 0. The van der Waals surface area contributed by atoms with Crippen molar-refractivity contribution in [2.45, 2.75) is 0 Å². The van der Waals surface area contributed by atoms with Gasteiger partial charge in [0.05, 0.1) is 0 Å². The molecule has 7 heteroatoms. The van der Waals surface area contributed by atoms with E-state index in [1.54, 1.807) is 0 Å². The van der Waals surface area contributed by atoms with Crippen LogP contribution in [-0.4, -0.2) is 46.7 Å². The third-order valence-corrected chi connectivity index (χ3v) is 0. The van der Waals surface area contributed by atoms with Gasteiger partial charge >= 0.3 is 32.0 Å². The molecule has 0 nitrogen and oxygen atoms in total. The first-order valence-electron chi connectivity index (χ1n) is 4.83. The van der Waals surface area contributed by atoms with E-state index in [2.05, 4.69) is 112 Å². The maximum absolute atomic E-state index is 3.88. The zero-order chi connectivity index (χ0) is 15.5. The van der Waals surface area contributed by atoms with Crippen molar-refractivity contribution in [3.63, 3.8) is 0 Å². The Hall–Kier alpha value is 3.73. The van der Waals surface area contributed by atoms with E-state index in [1.807, 2.05) is 0 Å². The van der Waals surface area contributed by atoms with Gasteiger partial charge in [-0.05, 0) is 26.7 Å². The predicted octanol–water partition coefficient (Wildman–Crippen LogP) is 3.67. The molecule has 0 fully saturated rings. The molecule has 0 aromatic heterocycles. The van der Waals surface area contributed by atoms with Gasteiger partial charge < -0.3 is 24.4 Å². The summed E-state index contributed by atoms with van der Waals surface area (Å²) in [4.78, 5) is 0. The molecule has 0 spiro atoms. The van der Waals surface area contributed by atoms with Gasteiger partial charge in [-0.15, -0.1) is 7.26 Å². The molecule has 0 saturated carbocycles. The molecule has 0 aromatic rings. The molecule has 0 heterocycles. The van der Waals surface area contributed by atoms with Crippen LogP contribution in [-0.2, 0) is 41.3 Å². The van der Waals surface area contributed by atoms with Crippen LogP contribution in [0.15, 0.2) is 0 Å². The van der Waals surface area contributed by atoms with Crippen molar-refractivity contribution in [2.75, 3.05) is 46.7 Å². The van der Waals surface area contributed by atoms with Crippen LogP contribution < -0.4 is 17.0 Å². The van der Waals surface area contributed by atoms with E-state index in [0.29, 0.717) is 0 Å². The summed E-state index contributed by atoms with van der Waals surface area (Å²) in [6.07, 6.45) is 0. The zero-order valence-electron chi connectivity index (χ0n) is 14.2. The average Bonchev–Trinajstić information content (AvgIpc) is 1.77. The molecule has 0 aromatic carbocycles. The van der Waals surface area contributed by atoms with Crippen molar-refractivity contribution in [3.05, 3.63) is 40.8 Å². The Morgan fingerprint density at radius 3 is 0.650 bits per heavy atom. The smallest absolute Gasteiger partial charge is 0.0215 e. The van der Waals surface area contributed by atoms with Crippen molar-refractivity contribution in [1.29, 1.82) is 0 Å². The first-order chi connectivity index (χ1) is 7.00. The fourth-order valence-electron chi connectivity index (χ4n) is 0. The summed E-state index contributed by atoms with van der Waals surface area (Å²) in [6, 6.07) is 0. The van der Waals surface area contributed by atoms with Gasteiger partial charge in [-0.1, -0.05) is 0 Å². The zero-order valence-corrected chi connectivity index (χ0v) is 24.4. The average molecular weight is 837 g/mol. The molecule has 1 radical (unpaired) electrons. The van der Waals surface area contributed by atoms with E-state index in [1.165, 1.54) is 0 Å². The Morgan fingerprint density at radius 1 is 0.650 bits per heavy atom. The van der Waals surface area contributed by atoms with E-state index in [-0.39, 0.29) is 46.8 Å². The summed E-state index contributed by atoms with van der Waals surface area (Å²) in [7, 11) is -2.42. The van der Waals surface area contributed by atoms with E-state index in [0.717, 1.165) is 0 Å². The van der Waals surface area contributed by atoms with E-state index in [9.17, 15) is 0 Å². The standard InChI is InChI=1S/C4H11P.2C4H10P.CH3.2Au.2BrH/c3*1-5(2,3)4;;;;;/h1H2,2-4H3;2*1-2H2,3-4H3;1H3;;;2*1H/q;3*-1;;+1;;/p-2. The van der Waals surface area contributed by atoms with Crippen molar-refractivity contribution in [1.82, 2.24) is 0 Å². The Bertz CT molecular complexity index is 105. The Morgan fingerprint density at radius 2 is 0.650 bits per heavy atom. The van der Waals surface area contributed by atoms with Crippen LogP contribution in [0, 0.1) is 40.8 Å². The van der Waals surface area contributed by atoms with Gasteiger partial charge in [0.25, 0.3) is 0 Å². The second-order valence-electron chi connectivity index (χ2n) is 6.16. The molecular weight excluding hydrogens is 803 g/mol. The second kappa shape index (κ2) is 22.7. The van der Waals surface area contributed by atoms with Crippen molar-refractivity contribution in [2.24, 2.45) is 0 Å². The monoisotopic (exact) mass is 835 g/mol. The number of rotatable bonds is 0. The first kappa shape index (κ1) is 43.8. The molecule has 0 N–H and O–H groups in total. The molecule has 0 aliphatic heterocycles. The topological polar surface area (TPSA) is 0 Å². The number of hydrogen-bond acceptors (Lipinski definition) is 0. The van der Waals surface area contributed by atoms with Gasteiger partial charge in [-0.25, -0.2) is 26.7 Å². The summed E-state index contributed by atoms with van der Waals surface area (Å²) in [5.74, 6) is 0. The van der Waals surface area contributed by atoms with Crippen molar-refractivity contribution in [3.8, 4) is 0 Å². The van der Waals surface area contributed by atoms with Gasteiger partial charge in [-0.2, -0.15) is 6.66 Å². The Kier molecular flexibility index (Phi) is 49.8. The van der Waals surface area contributed by atoms with Gasteiger partial charge in [0.1, 0.15) is 0 Å². The summed E-state index contributed by atoms with van der Waals surface area (Å²) < 4.78 is 0. The van der Waals surface area contributed by atoms with Crippen LogP contribution in [0.4, 0.5) is 0 Å². The molecule has 141 valence electrons. The molecule has 0 unspecified atom stereocenters. The Labute approximate surface area is 178 Å². The number of halogens is 2. The van der Waals surface area contributed by atoms with Gasteiger partial charge in [0.15, 0.2) is 0 Å². The predicted molar refractivity (Wildman–Crippen MR) is 104 cm³/mol. The third-order valence-electron chi connectivity index (χ3n) is 0. The Balaban J connectivity index is -0.0000000222. The van der Waals surface area contributed by atoms with Gasteiger partial charge in [0, 0.05) is 42.4 Å². The maximum atomic E-state index is 3.88. The van der Waals surface area contributed by atoms with Crippen LogP contribution in [0.5, 0.6) is 0 Å². The van der Waals surface area contributed by atoms with Crippen molar-refractivity contribution < 1.29 is 58.3 Å². The SMILES string of the molecule is [Au].[Br-].[Br][Au].[CH2-][P+](C)(C)C.[CH2-][P+]([CH2-])(C)C.[CH2-][P+]([CH2-])(C)C.[CH3-]. The summed E-state index contributed by atoms with van der Waals surface area (Å²) in [5, 5.41) is 0. The molecule has 0 rings (SSSR count). The van der Waals surface area contributed by atoms with Crippen LogP contribution in [0.2, 0.25) is 0 Å². The van der Waals surface area contributed by atoms with E-state index < -0.39 is 21.8 Å². The minimum Gasteiger partial charge on any atom is -0.358 e. The molecule has 0 atom stereocenters. The van der Waals surface area contributed by atoms with Crippen molar-refractivity contribution >= 4 is 34.8 Å². The third kappa shape index (κ3) is 671. The summed E-state index contributed by atoms with van der Waals surface area (Å²) >= 11 is 4.97. The largest absolute Gasteiger partial charge is 0.358 e. The minimum absolute atomic E-state index is 0. The van der Waals surface area contributed by atoms with Gasteiger partial charge in [0.2, 0.25) is 0 Å². The summed E-state index contributed by atoms with van der Waals surface area (Å²) in [6.45, 7) is 33.8. The van der Waals surface area contributed by atoms with Gasteiger partial charge in [-0.3, -0.25) is 14.5 Å². The molecule has 20 heavy (non-hydrogen) atoms. The minimum atomic E-state index is -0.889. The fraction of sp³-hybridized carbons (Fsp3) is 0.538. The van der Waals surface area contributed by atoms with E-state index in [4.69, 9.17) is 0 Å². The quantitative estimate of drug-likeness (QED) is 0.199. The second-order valence-corrected chi connectivity index (χ2v) is 18.5. The molecule has 0 aliphatic rings. The van der Waals surface area contributed by atoms with Crippen LogP contribution in [0.25, 0.3) is 0 Å². The maximum Gasteiger partial charge on any atom is 0.0215 e. The number of hydrogen-bond donors (Lipinski definition) is 0. The first-order valence-corrected chi connectivity index (χ1v) is 19.0. The molecule has 0 amide bonds. The van der Waals surface area contributed by atoms with Crippen LogP contribution in [0.3, 0.4) is 0 Å². The molecule has 0 bridgehead atoms. The molecule has 0 aliphatic carbocycles. The molecular formula is C13H34Au2Br2P3-4. The van der Waals surface area contributed by atoms with E-state index >= 15 is 0 Å². The molecule has 0 saturated heterocycles. The fourth-order valence-corrected chi connectivity index (χ4v) is 0. The van der Waals surface area contributed by atoms with Crippen LogP contribution >= 0.6 is 34.8 Å². The van der Waals surface area contributed by atoms with Crippen LogP contribution in [0.1, 0.15) is 0 Å². The normalized spacial score (nSPS) is 9.35.